The second-order valence-corrected chi connectivity index (χ2v) is 6.79. The number of benzene rings is 2. The van der Waals surface area contributed by atoms with Crippen molar-refractivity contribution in [3.63, 3.8) is 0 Å². The predicted octanol–water partition coefficient (Wildman–Crippen LogP) is 3.96. The average Bonchev–Trinajstić information content (AvgIpc) is 2.34. The first-order chi connectivity index (χ1) is 8.99. The number of nitrogen functional groups attached to an aromatic ring is 1. The van der Waals surface area contributed by atoms with Gasteiger partial charge >= 0.3 is 0 Å². The molecule has 0 aromatic heterocycles. The Hall–Kier alpha value is -1.13. The summed E-state index contributed by atoms with van der Waals surface area (Å²) in [6.45, 7) is 4.03. The van der Waals surface area contributed by atoms with E-state index in [1.807, 2.05) is 44.2 Å². The second kappa shape index (κ2) is 5.88. The van der Waals surface area contributed by atoms with Crippen LogP contribution in [0.5, 0.6) is 0 Å². The van der Waals surface area contributed by atoms with Gasteiger partial charge in [-0.05, 0) is 53.0 Å². The van der Waals surface area contributed by atoms with E-state index in [0.29, 0.717) is 11.4 Å². The summed E-state index contributed by atoms with van der Waals surface area (Å²) < 4.78 is 13.3. The third-order valence-electron chi connectivity index (χ3n) is 2.97. The summed E-state index contributed by atoms with van der Waals surface area (Å²) in [6.07, 6.45) is 0. The fourth-order valence-corrected chi connectivity index (χ4v) is 3.89. The summed E-state index contributed by atoms with van der Waals surface area (Å²) in [5.41, 5.74) is 9.74. The smallest absolute Gasteiger partial charge is 0.0577 e. The van der Waals surface area contributed by atoms with Crippen LogP contribution in [0.2, 0.25) is 0 Å². The molecule has 2 rings (SSSR count). The molecule has 0 heterocycles. The molecule has 100 valence electrons. The summed E-state index contributed by atoms with van der Waals surface area (Å²) in [4.78, 5) is 0.889. The molecule has 2 aromatic carbocycles. The third kappa shape index (κ3) is 3.25. The van der Waals surface area contributed by atoms with Crippen LogP contribution in [0.15, 0.2) is 45.8 Å². The lowest BCUT2D eigenvalue weighted by molar-refractivity contribution is 0.682. The van der Waals surface area contributed by atoms with Gasteiger partial charge in [-0.3, -0.25) is 4.21 Å². The van der Waals surface area contributed by atoms with Crippen molar-refractivity contribution in [3.05, 3.63) is 57.6 Å². The van der Waals surface area contributed by atoms with E-state index < -0.39 is 10.8 Å². The Balaban J connectivity index is 2.28. The molecule has 0 bridgehead atoms. The highest BCUT2D eigenvalue weighted by molar-refractivity contribution is 9.10. The van der Waals surface area contributed by atoms with E-state index in [-0.39, 0.29) is 0 Å². The first kappa shape index (κ1) is 14.3. The molecule has 2 nitrogen and oxygen atoms in total. The highest BCUT2D eigenvalue weighted by Crippen LogP contribution is 2.26. The molecular formula is C15H16BrNOS. The fourth-order valence-electron chi connectivity index (χ4n) is 1.98. The predicted molar refractivity (Wildman–Crippen MR) is 84.6 cm³/mol. The summed E-state index contributed by atoms with van der Waals surface area (Å²) in [6, 6.07) is 11.7. The third-order valence-corrected chi connectivity index (χ3v) is 5.46. The number of aryl methyl sites for hydroxylation is 2. The molecule has 19 heavy (non-hydrogen) atoms. The van der Waals surface area contributed by atoms with Crippen LogP contribution in [0.1, 0.15) is 16.7 Å². The van der Waals surface area contributed by atoms with Gasteiger partial charge in [0.2, 0.25) is 0 Å². The van der Waals surface area contributed by atoms with Crippen LogP contribution >= 0.6 is 15.9 Å². The molecule has 0 radical (unpaired) electrons. The molecule has 4 heteroatoms. The lowest BCUT2D eigenvalue weighted by Gasteiger charge is -2.09. The second-order valence-electron chi connectivity index (χ2n) is 4.58. The van der Waals surface area contributed by atoms with E-state index in [0.717, 1.165) is 20.5 Å². The van der Waals surface area contributed by atoms with Gasteiger partial charge in [-0.2, -0.15) is 0 Å². The Kier molecular flexibility index (Phi) is 4.42. The van der Waals surface area contributed by atoms with Crippen LogP contribution in [0.4, 0.5) is 5.69 Å². The average molecular weight is 338 g/mol. The molecule has 0 fully saturated rings. The van der Waals surface area contributed by atoms with Gasteiger partial charge < -0.3 is 5.73 Å². The van der Waals surface area contributed by atoms with Crippen molar-refractivity contribution < 1.29 is 4.21 Å². The van der Waals surface area contributed by atoms with Gasteiger partial charge in [-0.25, -0.2) is 0 Å². The van der Waals surface area contributed by atoms with Crippen molar-refractivity contribution in [2.24, 2.45) is 0 Å². The minimum atomic E-state index is -1.06. The van der Waals surface area contributed by atoms with E-state index >= 15 is 0 Å². The minimum Gasteiger partial charge on any atom is -0.398 e. The maximum Gasteiger partial charge on any atom is 0.0577 e. The monoisotopic (exact) mass is 337 g/mol. The number of hydrogen-bond acceptors (Lipinski definition) is 2. The standard InChI is InChI=1S/C15H16BrNOS/c1-10-6-7-14(11(2)8-10)19(18)9-12-4-3-5-13(17)15(12)16/h3-8H,9,17H2,1-2H3. The maximum atomic E-state index is 12.5. The van der Waals surface area contributed by atoms with Crippen LogP contribution < -0.4 is 5.73 Å². The SMILES string of the molecule is Cc1ccc(S(=O)Cc2cccc(N)c2Br)c(C)c1. The first-order valence-corrected chi connectivity index (χ1v) is 8.08. The largest absolute Gasteiger partial charge is 0.398 e. The Morgan fingerprint density at radius 2 is 1.95 bits per heavy atom. The number of halogens is 1. The van der Waals surface area contributed by atoms with E-state index in [1.165, 1.54) is 5.56 Å². The van der Waals surface area contributed by atoms with Crippen molar-refractivity contribution in [1.29, 1.82) is 0 Å². The molecule has 0 aliphatic heterocycles. The molecule has 0 aliphatic carbocycles. The van der Waals surface area contributed by atoms with Gasteiger partial charge in [-0.1, -0.05) is 29.8 Å². The molecule has 2 N–H and O–H groups in total. The zero-order valence-corrected chi connectivity index (χ0v) is 13.3. The Bertz CT molecular complexity index is 640. The quantitative estimate of drug-likeness (QED) is 0.861. The molecule has 1 unspecified atom stereocenters. The van der Waals surface area contributed by atoms with Crippen molar-refractivity contribution in [1.82, 2.24) is 0 Å². The molecule has 1 atom stereocenters. The highest BCUT2D eigenvalue weighted by atomic mass is 79.9. The summed E-state index contributed by atoms with van der Waals surface area (Å²) >= 11 is 3.45. The maximum absolute atomic E-state index is 12.5. The normalized spacial score (nSPS) is 12.4. The van der Waals surface area contributed by atoms with Gasteiger partial charge in [0, 0.05) is 15.1 Å². The van der Waals surface area contributed by atoms with Crippen LogP contribution in [-0.4, -0.2) is 4.21 Å². The van der Waals surface area contributed by atoms with Crippen LogP contribution in [-0.2, 0) is 16.6 Å². The van der Waals surface area contributed by atoms with Crippen LogP contribution in [0.25, 0.3) is 0 Å². The topological polar surface area (TPSA) is 43.1 Å². The Morgan fingerprint density at radius 3 is 2.63 bits per heavy atom. The first-order valence-electron chi connectivity index (χ1n) is 5.97. The molecule has 2 aromatic rings. The highest BCUT2D eigenvalue weighted by Gasteiger charge is 2.11. The summed E-state index contributed by atoms with van der Waals surface area (Å²) in [5.74, 6) is 0.468. The van der Waals surface area contributed by atoms with E-state index in [2.05, 4.69) is 22.0 Å². The Labute approximate surface area is 124 Å². The van der Waals surface area contributed by atoms with Crippen LogP contribution in [0, 0.1) is 13.8 Å². The van der Waals surface area contributed by atoms with Gasteiger partial charge in [0.1, 0.15) is 0 Å². The van der Waals surface area contributed by atoms with Crippen molar-refractivity contribution in [3.8, 4) is 0 Å². The zero-order valence-electron chi connectivity index (χ0n) is 10.9. The molecular weight excluding hydrogens is 322 g/mol. The summed E-state index contributed by atoms with van der Waals surface area (Å²) in [5, 5.41) is 0. The number of rotatable bonds is 3. The van der Waals surface area contributed by atoms with Gasteiger partial charge in [-0.15, -0.1) is 0 Å². The minimum absolute atomic E-state index is 0.468. The summed E-state index contributed by atoms with van der Waals surface area (Å²) in [7, 11) is -1.06. The van der Waals surface area contributed by atoms with E-state index in [4.69, 9.17) is 5.73 Å². The van der Waals surface area contributed by atoms with Crippen LogP contribution in [0.3, 0.4) is 0 Å². The van der Waals surface area contributed by atoms with Crippen molar-refractivity contribution in [2.75, 3.05) is 5.73 Å². The number of nitrogens with two attached hydrogens (primary N) is 1. The molecule has 0 saturated carbocycles. The fraction of sp³-hybridized carbons (Fsp3) is 0.200. The van der Waals surface area contributed by atoms with E-state index in [9.17, 15) is 4.21 Å². The number of hydrogen-bond donors (Lipinski definition) is 1. The lowest BCUT2D eigenvalue weighted by Crippen LogP contribution is -2.01. The molecule has 0 spiro atoms. The van der Waals surface area contributed by atoms with Gasteiger partial charge in [0.25, 0.3) is 0 Å². The number of anilines is 1. The Morgan fingerprint density at radius 1 is 1.21 bits per heavy atom. The zero-order chi connectivity index (χ0) is 14.0. The van der Waals surface area contributed by atoms with Crippen molar-refractivity contribution in [2.45, 2.75) is 24.5 Å². The van der Waals surface area contributed by atoms with Crippen molar-refractivity contribution >= 4 is 32.4 Å². The molecule has 0 saturated heterocycles. The molecule has 0 aliphatic rings. The van der Waals surface area contributed by atoms with E-state index in [1.54, 1.807) is 0 Å². The lowest BCUT2D eigenvalue weighted by atomic mass is 10.2. The van der Waals surface area contributed by atoms with Gasteiger partial charge in [0.05, 0.1) is 16.6 Å². The van der Waals surface area contributed by atoms with Gasteiger partial charge in [0.15, 0.2) is 0 Å². The molecule has 0 amide bonds.